The summed E-state index contributed by atoms with van der Waals surface area (Å²) in [6.07, 6.45) is 5.59. The predicted octanol–water partition coefficient (Wildman–Crippen LogP) is 3.88. The number of halogens is 2. The maximum atomic E-state index is 14.6. The van der Waals surface area contributed by atoms with Gasteiger partial charge in [0.05, 0.1) is 25.9 Å². The summed E-state index contributed by atoms with van der Waals surface area (Å²) in [6.45, 7) is 2.78. The minimum Gasteiger partial charge on any atom is -0.374 e. The molecule has 2 fully saturated rings. The van der Waals surface area contributed by atoms with Gasteiger partial charge < -0.3 is 24.5 Å². The Kier molecular flexibility index (Phi) is 9.25. The molecule has 3 aliphatic rings. The van der Waals surface area contributed by atoms with E-state index in [4.69, 9.17) is 9.47 Å². The Balaban J connectivity index is 1.36. The zero-order valence-corrected chi connectivity index (χ0v) is 23.1. The molecule has 216 valence electrons. The molecule has 2 heterocycles. The van der Waals surface area contributed by atoms with E-state index in [1.54, 1.807) is 11.9 Å². The lowest BCUT2D eigenvalue weighted by Gasteiger charge is -2.47. The van der Waals surface area contributed by atoms with Gasteiger partial charge in [0, 0.05) is 57.3 Å². The van der Waals surface area contributed by atoms with Crippen LogP contribution in [0.2, 0.25) is 0 Å². The number of nitrogens with zero attached hydrogens (tertiary/aromatic N) is 2. The third-order valence-corrected chi connectivity index (χ3v) is 8.76. The second kappa shape index (κ2) is 12.9. The largest absolute Gasteiger partial charge is 0.374 e. The van der Waals surface area contributed by atoms with Gasteiger partial charge in [0.1, 0.15) is 6.29 Å². The number of hydrogen-bond acceptors (Lipinski definition) is 7. The average molecular weight is 556 g/mol. The molecule has 2 aromatic rings. The van der Waals surface area contributed by atoms with Crippen LogP contribution in [0.1, 0.15) is 43.2 Å². The highest BCUT2D eigenvalue weighted by atomic mass is 19.2. The van der Waals surface area contributed by atoms with Crippen LogP contribution in [-0.2, 0) is 32.1 Å². The first-order valence-corrected chi connectivity index (χ1v) is 14.3. The van der Waals surface area contributed by atoms with Gasteiger partial charge in [-0.1, -0.05) is 36.8 Å². The number of hydrogen-bond donors (Lipinski definition) is 1. The summed E-state index contributed by atoms with van der Waals surface area (Å²) in [4.78, 5) is 29.7. The van der Waals surface area contributed by atoms with Gasteiger partial charge in [-0.2, -0.15) is 0 Å². The van der Waals surface area contributed by atoms with Crippen LogP contribution in [0.3, 0.4) is 0 Å². The minimum absolute atomic E-state index is 0.121. The van der Waals surface area contributed by atoms with E-state index >= 15 is 0 Å². The van der Waals surface area contributed by atoms with Crippen LogP contribution in [0.15, 0.2) is 42.5 Å². The van der Waals surface area contributed by atoms with Crippen molar-refractivity contribution in [3.05, 3.63) is 65.2 Å². The van der Waals surface area contributed by atoms with Crippen LogP contribution >= 0.6 is 0 Å². The third-order valence-electron chi connectivity index (χ3n) is 8.76. The zero-order valence-electron chi connectivity index (χ0n) is 23.1. The molecule has 0 spiro atoms. The predicted molar refractivity (Wildman–Crippen MR) is 148 cm³/mol. The summed E-state index contributed by atoms with van der Waals surface area (Å²) < 4.78 is 40.8. The summed E-state index contributed by atoms with van der Waals surface area (Å²) in [5.74, 6) is -1.69. The lowest BCUT2D eigenvalue weighted by molar-refractivity contribution is -0.153. The quantitative estimate of drug-likeness (QED) is 0.333. The van der Waals surface area contributed by atoms with Crippen molar-refractivity contribution in [3.8, 4) is 0 Å². The second-order valence-corrected chi connectivity index (χ2v) is 11.2. The first-order valence-electron chi connectivity index (χ1n) is 14.3. The van der Waals surface area contributed by atoms with E-state index < -0.39 is 23.4 Å². The number of benzene rings is 2. The van der Waals surface area contributed by atoms with Crippen molar-refractivity contribution in [1.29, 1.82) is 0 Å². The first-order chi connectivity index (χ1) is 19.4. The van der Waals surface area contributed by atoms with Gasteiger partial charge in [-0.25, -0.2) is 8.78 Å². The number of Topliss-reactive ketones (excluding diaryl/α,β-unsaturated/α-hetero) is 1. The number of fused-ring (bicyclic) bond motifs is 1. The number of ether oxygens (including phenoxy) is 2. The van der Waals surface area contributed by atoms with E-state index in [1.807, 2.05) is 30.3 Å². The van der Waals surface area contributed by atoms with Gasteiger partial charge >= 0.3 is 0 Å². The molecule has 0 aromatic heterocycles. The van der Waals surface area contributed by atoms with Crippen LogP contribution in [0, 0.1) is 17.6 Å². The summed E-state index contributed by atoms with van der Waals surface area (Å²) >= 11 is 0. The molecule has 1 aliphatic carbocycles. The Hall–Kier alpha value is -2.72. The summed E-state index contributed by atoms with van der Waals surface area (Å²) in [7, 11) is 1.72. The van der Waals surface area contributed by atoms with Crippen LogP contribution in [-0.4, -0.2) is 74.7 Å². The Labute approximate surface area is 234 Å². The average Bonchev–Trinajstić information content (AvgIpc) is 3.24. The molecule has 40 heavy (non-hydrogen) atoms. The molecule has 9 heteroatoms. The highest BCUT2D eigenvalue weighted by Gasteiger charge is 2.53. The topological polar surface area (TPSA) is 71.1 Å². The van der Waals surface area contributed by atoms with E-state index in [1.165, 1.54) is 6.07 Å². The molecule has 7 nitrogen and oxygen atoms in total. The summed E-state index contributed by atoms with van der Waals surface area (Å²) in [5, 5.41) is 3.37. The first kappa shape index (κ1) is 28.8. The number of anilines is 1. The molecule has 2 aliphatic heterocycles. The molecular weight excluding hydrogens is 516 g/mol. The maximum Gasteiger partial charge on any atom is 0.206 e. The van der Waals surface area contributed by atoms with Crippen molar-refractivity contribution in [1.82, 2.24) is 10.2 Å². The lowest BCUT2D eigenvalue weighted by Crippen LogP contribution is -2.67. The van der Waals surface area contributed by atoms with Crippen LogP contribution in [0.25, 0.3) is 0 Å². The van der Waals surface area contributed by atoms with Crippen molar-refractivity contribution in [2.24, 2.45) is 5.92 Å². The van der Waals surface area contributed by atoms with Gasteiger partial charge in [-0.15, -0.1) is 0 Å². The zero-order chi connectivity index (χ0) is 28.1. The fourth-order valence-electron chi connectivity index (χ4n) is 6.68. The molecule has 1 saturated heterocycles. The Morgan fingerprint density at radius 1 is 1.15 bits per heavy atom. The number of nitrogens with one attached hydrogen (secondary N) is 1. The molecule has 5 rings (SSSR count). The minimum atomic E-state index is -1.42. The van der Waals surface area contributed by atoms with Crippen molar-refractivity contribution >= 4 is 17.8 Å². The van der Waals surface area contributed by atoms with Crippen LogP contribution in [0.5, 0.6) is 0 Å². The number of likely N-dealkylation sites (N-methyl/N-ethyl adjacent to an activating group) is 1. The standard InChI is InChI=1S/C31H39F2N3O4/c1-35-28-18-27(33)26(32)17-24(28)19-31(35,40-15-14-39-21-23-6-3-2-4-7-23)30(38)29-20-34-11-12-36(29)25-9-5-8-22(16-25)10-13-37/h2-4,6-7,13,17-18,22,25,29,34H,5,8-12,14-16,19-21H2,1H3. The molecular formula is C31H39F2N3O4. The highest BCUT2D eigenvalue weighted by Crippen LogP contribution is 2.42. The summed E-state index contributed by atoms with van der Waals surface area (Å²) in [6, 6.07) is 11.9. The molecule has 4 atom stereocenters. The van der Waals surface area contributed by atoms with Crippen molar-refractivity contribution < 1.29 is 27.8 Å². The molecule has 0 radical (unpaired) electrons. The molecule has 0 amide bonds. The van der Waals surface area contributed by atoms with Crippen molar-refractivity contribution in [3.63, 3.8) is 0 Å². The van der Waals surface area contributed by atoms with Gasteiger partial charge in [-0.05, 0) is 42.4 Å². The fourth-order valence-corrected chi connectivity index (χ4v) is 6.68. The van der Waals surface area contributed by atoms with Crippen LogP contribution in [0.4, 0.5) is 14.5 Å². The Bertz CT molecular complexity index is 1180. The van der Waals surface area contributed by atoms with Gasteiger partial charge in [0.2, 0.25) is 11.5 Å². The summed E-state index contributed by atoms with van der Waals surface area (Å²) in [5.41, 5.74) is 0.613. The smallest absolute Gasteiger partial charge is 0.206 e. The monoisotopic (exact) mass is 555 g/mol. The van der Waals surface area contributed by atoms with Crippen LogP contribution < -0.4 is 10.2 Å². The van der Waals surface area contributed by atoms with E-state index in [9.17, 15) is 18.4 Å². The van der Waals surface area contributed by atoms with Crippen molar-refractivity contribution in [2.45, 2.75) is 62.9 Å². The number of ketones is 1. The van der Waals surface area contributed by atoms with E-state index in [0.29, 0.717) is 43.3 Å². The third kappa shape index (κ3) is 5.98. The molecule has 1 N–H and O–H groups in total. The van der Waals surface area contributed by atoms with Gasteiger partial charge in [-0.3, -0.25) is 9.69 Å². The normalized spacial score (nSPS) is 27.0. The maximum absolute atomic E-state index is 14.6. The molecule has 0 bridgehead atoms. The van der Waals surface area contributed by atoms with Gasteiger partial charge in [0.15, 0.2) is 11.6 Å². The number of aldehydes is 1. The molecule has 4 unspecified atom stereocenters. The number of piperazine rings is 1. The van der Waals surface area contributed by atoms with E-state index in [2.05, 4.69) is 10.2 Å². The fraction of sp³-hybridized carbons (Fsp3) is 0.548. The number of carbonyl (C=O) groups excluding carboxylic acids is 2. The van der Waals surface area contributed by atoms with Gasteiger partial charge in [0.25, 0.3) is 0 Å². The SMILES string of the molecule is CN1c2cc(F)c(F)cc2CC1(OCCOCc1ccccc1)C(=O)C1CNCCN1C1CCCC(CC=O)C1. The lowest BCUT2D eigenvalue weighted by atomic mass is 9.82. The second-order valence-electron chi connectivity index (χ2n) is 11.2. The molecule has 2 aromatic carbocycles. The number of rotatable bonds is 11. The Morgan fingerprint density at radius 2 is 1.95 bits per heavy atom. The van der Waals surface area contributed by atoms with E-state index in [-0.39, 0.29) is 31.5 Å². The molecule has 1 saturated carbocycles. The highest BCUT2D eigenvalue weighted by molar-refractivity contribution is 5.97. The van der Waals surface area contributed by atoms with Crippen molar-refractivity contribution in [2.75, 3.05) is 44.8 Å². The number of carbonyl (C=O) groups is 2. The van der Waals surface area contributed by atoms with E-state index in [0.717, 1.165) is 50.1 Å². The Morgan fingerprint density at radius 3 is 2.75 bits per heavy atom.